The lowest BCUT2D eigenvalue weighted by molar-refractivity contribution is -0.122. The van der Waals surface area contributed by atoms with E-state index >= 15 is 0 Å². The van der Waals surface area contributed by atoms with Gasteiger partial charge < -0.3 is 20.4 Å². The molecule has 452 valence electrons. The molecule has 0 radical (unpaired) electrons. The Hall–Kier alpha value is -8.03. The average molecular weight is 1170 g/mol. The Bertz CT molecular complexity index is 3190. The number of hydrogen-bond acceptors (Lipinski definition) is 13. The highest BCUT2D eigenvalue weighted by Crippen LogP contribution is 2.39. The first kappa shape index (κ1) is 62.5. The van der Waals surface area contributed by atoms with Gasteiger partial charge in [0.05, 0.1) is 59.2 Å². The number of Topliss-reactive ketones (excluding diaryl/α,β-unsaturated/α-hetero) is 1. The zero-order valence-corrected chi connectivity index (χ0v) is 50.6. The molecule has 18 heteroatoms. The van der Waals surface area contributed by atoms with Crippen molar-refractivity contribution in [2.24, 2.45) is 0 Å². The van der Waals surface area contributed by atoms with Crippen LogP contribution in [0.15, 0.2) is 128 Å². The van der Waals surface area contributed by atoms with Gasteiger partial charge in [-0.1, -0.05) is 93.8 Å². The van der Waals surface area contributed by atoms with E-state index in [0.717, 1.165) is 84.1 Å². The van der Waals surface area contributed by atoms with E-state index in [2.05, 4.69) is 68.2 Å². The third-order valence-electron chi connectivity index (χ3n) is 16.5. The number of benzene rings is 3. The summed E-state index contributed by atoms with van der Waals surface area (Å²) in [6, 6.07) is 32.1. The van der Waals surface area contributed by atoms with Crippen molar-refractivity contribution in [3.63, 3.8) is 0 Å². The van der Waals surface area contributed by atoms with Crippen LogP contribution in [0.4, 0.5) is 45.9 Å². The number of unbranched alkanes of at least 4 members (excludes halogenated alkanes) is 11. The lowest BCUT2D eigenvalue weighted by atomic mass is 10.0. The summed E-state index contributed by atoms with van der Waals surface area (Å²) >= 11 is 0. The molecule has 0 saturated heterocycles. The molecular formula is C68H84N12O6. The molecule has 2 N–H and O–H groups in total. The number of anilines is 8. The average Bonchev–Trinajstić information content (AvgIpc) is 1.94. The minimum atomic E-state index is -0.340. The van der Waals surface area contributed by atoms with E-state index in [0.29, 0.717) is 74.7 Å². The number of ketones is 1. The van der Waals surface area contributed by atoms with E-state index in [4.69, 9.17) is 0 Å². The topological polar surface area (TPSA) is 188 Å². The lowest BCUT2D eigenvalue weighted by Crippen LogP contribution is -2.44. The van der Waals surface area contributed by atoms with Crippen molar-refractivity contribution < 1.29 is 28.8 Å². The quantitative estimate of drug-likeness (QED) is 0.0406. The SMILES string of the molecule is CC(C)N(CCCCCCN(C)CCCCCCCCN(C)CCCCCCN(CC(=O)N1c2ccccc2C(=O)Cc2cccnc21)CC(=O)N1c2ccccc2C(=O)Nc2cccnc21)CC(=O)N1c2ccccc2C(=O)Nc2cccnc21. The molecule has 0 spiro atoms. The predicted molar refractivity (Wildman–Crippen MR) is 340 cm³/mol. The molecule has 0 aliphatic carbocycles. The summed E-state index contributed by atoms with van der Waals surface area (Å²) in [6.45, 7) is 9.82. The van der Waals surface area contributed by atoms with E-state index in [1.54, 1.807) is 102 Å². The monoisotopic (exact) mass is 1160 g/mol. The number of carbonyl (C=O) groups is 6. The van der Waals surface area contributed by atoms with Crippen LogP contribution >= 0.6 is 0 Å². The zero-order chi connectivity index (χ0) is 60.4. The summed E-state index contributed by atoms with van der Waals surface area (Å²) in [6.07, 6.45) is 20.5. The van der Waals surface area contributed by atoms with Gasteiger partial charge in [0.2, 0.25) is 17.7 Å². The van der Waals surface area contributed by atoms with Gasteiger partial charge in [-0.25, -0.2) is 15.0 Å². The van der Waals surface area contributed by atoms with Crippen molar-refractivity contribution in [3.05, 3.63) is 150 Å². The fourth-order valence-electron chi connectivity index (χ4n) is 11.8. The number of aromatic nitrogens is 3. The highest BCUT2D eigenvalue weighted by molar-refractivity contribution is 6.19. The molecule has 3 aromatic heterocycles. The lowest BCUT2D eigenvalue weighted by Gasteiger charge is -2.30. The number of fused-ring (bicyclic) bond motifs is 6. The second-order valence-corrected chi connectivity index (χ2v) is 23.3. The fraction of sp³-hybridized carbons (Fsp3) is 0.426. The highest BCUT2D eigenvalue weighted by Gasteiger charge is 2.35. The highest BCUT2D eigenvalue weighted by atomic mass is 16.2. The zero-order valence-electron chi connectivity index (χ0n) is 50.6. The van der Waals surface area contributed by atoms with Gasteiger partial charge in [0.25, 0.3) is 11.8 Å². The molecule has 9 rings (SSSR count). The maximum Gasteiger partial charge on any atom is 0.257 e. The molecule has 0 unspecified atom stereocenters. The van der Waals surface area contributed by atoms with Gasteiger partial charge in [0.1, 0.15) is 5.82 Å². The summed E-state index contributed by atoms with van der Waals surface area (Å²) in [5, 5.41) is 5.83. The maximum atomic E-state index is 14.7. The molecule has 3 aliphatic heterocycles. The molecule has 5 amide bonds. The molecule has 0 saturated carbocycles. The fourth-order valence-corrected chi connectivity index (χ4v) is 11.8. The number of nitrogens with zero attached hydrogens (tertiary/aromatic N) is 10. The molecule has 86 heavy (non-hydrogen) atoms. The number of para-hydroxylation sites is 3. The normalized spacial score (nSPS) is 13.6. The van der Waals surface area contributed by atoms with Crippen LogP contribution < -0.4 is 25.3 Å². The summed E-state index contributed by atoms with van der Waals surface area (Å²) in [7, 11) is 4.44. The number of pyridine rings is 3. The predicted octanol–water partition coefficient (Wildman–Crippen LogP) is 11.5. The number of rotatable bonds is 30. The van der Waals surface area contributed by atoms with Gasteiger partial charge >= 0.3 is 0 Å². The van der Waals surface area contributed by atoms with E-state index < -0.39 is 0 Å². The number of hydrogen-bond donors (Lipinski definition) is 2. The second-order valence-electron chi connectivity index (χ2n) is 23.3. The third-order valence-corrected chi connectivity index (χ3v) is 16.5. The van der Waals surface area contributed by atoms with Gasteiger partial charge in [-0.2, -0.15) is 0 Å². The van der Waals surface area contributed by atoms with Crippen molar-refractivity contribution in [2.75, 3.05) is 98.3 Å². The number of nitrogens with one attached hydrogen (secondary N) is 2. The minimum Gasteiger partial charge on any atom is -0.319 e. The van der Waals surface area contributed by atoms with Crippen molar-refractivity contribution in [1.29, 1.82) is 0 Å². The second kappa shape index (κ2) is 30.9. The molecule has 6 aromatic rings. The van der Waals surface area contributed by atoms with Crippen molar-refractivity contribution in [2.45, 2.75) is 116 Å². The summed E-state index contributed by atoms with van der Waals surface area (Å²) in [5.74, 6) is -0.285. The van der Waals surface area contributed by atoms with Gasteiger partial charge in [0.15, 0.2) is 17.4 Å². The minimum absolute atomic E-state index is 0.0962. The van der Waals surface area contributed by atoms with Crippen LogP contribution in [0.3, 0.4) is 0 Å². The first-order chi connectivity index (χ1) is 41.9. The van der Waals surface area contributed by atoms with Crippen LogP contribution in [0.25, 0.3) is 0 Å². The summed E-state index contributed by atoms with van der Waals surface area (Å²) in [4.78, 5) is 111. The Kier molecular flexibility index (Phi) is 22.4. The van der Waals surface area contributed by atoms with E-state index in [1.807, 2.05) is 35.2 Å². The molecule has 6 heterocycles. The third kappa shape index (κ3) is 16.1. The Balaban J connectivity index is 0.660. The van der Waals surface area contributed by atoms with E-state index in [-0.39, 0.29) is 67.4 Å². The number of carbonyl (C=O) groups excluding carboxylic acids is 6. The van der Waals surface area contributed by atoms with Gasteiger partial charge in [-0.05, 0) is 172 Å². The molecule has 3 aliphatic rings. The van der Waals surface area contributed by atoms with Gasteiger partial charge in [-0.15, -0.1) is 0 Å². The van der Waals surface area contributed by atoms with Crippen LogP contribution in [-0.2, 0) is 20.8 Å². The van der Waals surface area contributed by atoms with Crippen LogP contribution in [0.2, 0.25) is 0 Å². The molecular weight excluding hydrogens is 1080 g/mol. The van der Waals surface area contributed by atoms with Crippen molar-refractivity contribution >= 4 is 81.2 Å². The first-order valence-corrected chi connectivity index (χ1v) is 31.0. The van der Waals surface area contributed by atoms with Gasteiger partial charge in [-0.3, -0.25) is 53.3 Å². The smallest absolute Gasteiger partial charge is 0.257 e. The number of amides is 5. The van der Waals surface area contributed by atoms with Gasteiger partial charge in [0, 0.05) is 42.2 Å². The summed E-state index contributed by atoms with van der Waals surface area (Å²) < 4.78 is 0. The Morgan fingerprint density at radius 1 is 0.442 bits per heavy atom. The Morgan fingerprint density at radius 2 is 0.814 bits per heavy atom. The van der Waals surface area contributed by atoms with Crippen LogP contribution in [0, 0.1) is 0 Å². The first-order valence-electron chi connectivity index (χ1n) is 31.0. The maximum absolute atomic E-state index is 14.7. The van der Waals surface area contributed by atoms with Crippen LogP contribution in [0.1, 0.15) is 140 Å². The Morgan fingerprint density at radius 3 is 1.29 bits per heavy atom. The van der Waals surface area contributed by atoms with Crippen molar-refractivity contribution in [1.82, 2.24) is 34.6 Å². The Labute approximate surface area is 507 Å². The van der Waals surface area contributed by atoms with E-state index in [1.165, 1.54) is 48.3 Å². The largest absolute Gasteiger partial charge is 0.319 e. The molecule has 18 nitrogen and oxygen atoms in total. The standard InChI is InChI=1S/C68H84N12O6/c1-50(2)77(49-63(84)80-59-36-18-15-31-54(59)68(86)73-56-33-27-39-71-66(56)80)45-24-12-10-22-43-75(4)41-20-8-6-5-7-19-40-74(3)42-21-9-11-23-44-76(47-61(82)78-57-34-16-13-29-52(57)60(81)46-51-28-25-37-69-64(51)78)48-62(83)79-58-35-17-14-30-53(58)67(85)72-55-32-26-38-70-65(55)79/h13-18,25-39,50H,5-12,19-24,40-49H2,1-4H3,(H,72,85)(H,73,86). The molecule has 0 fully saturated rings. The van der Waals surface area contributed by atoms with Crippen LogP contribution in [0.5, 0.6) is 0 Å². The van der Waals surface area contributed by atoms with Crippen molar-refractivity contribution in [3.8, 4) is 0 Å². The molecule has 0 bridgehead atoms. The molecule has 3 aromatic carbocycles. The summed E-state index contributed by atoms with van der Waals surface area (Å²) in [5.41, 5.74) is 4.26. The molecule has 0 atom stereocenters. The van der Waals surface area contributed by atoms with E-state index in [9.17, 15) is 28.8 Å². The van der Waals surface area contributed by atoms with Crippen LogP contribution in [-0.4, -0.2) is 149 Å².